The van der Waals surface area contributed by atoms with E-state index in [9.17, 15) is 19.5 Å². The first-order valence-electron chi connectivity index (χ1n) is 13.6. The van der Waals surface area contributed by atoms with E-state index in [1.165, 1.54) is 48.1 Å². The first-order chi connectivity index (χ1) is 19.5. The molecule has 0 atom stereocenters. The molecule has 1 amide bonds. The van der Waals surface area contributed by atoms with Crippen LogP contribution in [0, 0.1) is 0 Å². The average Bonchev–Trinajstić information content (AvgIpc) is 3.01. The van der Waals surface area contributed by atoms with Gasteiger partial charge < -0.3 is 24.8 Å². The number of amides is 1. The summed E-state index contributed by atoms with van der Waals surface area (Å²) in [6.07, 6.45) is 11.9. The molecule has 216 valence electrons. The summed E-state index contributed by atoms with van der Waals surface area (Å²) in [6, 6.07) is 7.59. The van der Waals surface area contributed by atoms with Crippen molar-refractivity contribution < 1.29 is 29.0 Å². The van der Waals surface area contributed by atoms with Gasteiger partial charge in [-0.15, -0.1) is 0 Å². The Morgan fingerprint density at radius 3 is 2.24 bits per heavy atom. The van der Waals surface area contributed by atoms with Gasteiger partial charge in [0, 0.05) is 32.5 Å². The van der Waals surface area contributed by atoms with Gasteiger partial charge in [0.05, 0.1) is 16.9 Å². The summed E-state index contributed by atoms with van der Waals surface area (Å²) in [5, 5.41) is 13.7. The van der Waals surface area contributed by atoms with Crippen molar-refractivity contribution >= 4 is 34.9 Å². The van der Waals surface area contributed by atoms with E-state index in [1.54, 1.807) is 12.1 Å². The molecule has 0 fully saturated rings. The van der Waals surface area contributed by atoms with Gasteiger partial charge in [-0.25, -0.2) is 0 Å². The summed E-state index contributed by atoms with van der Waals surface area (Å²) in [6.45, 7) is 12.7. The molecule has 0 bridgehead atoms. The number of rotatable bonds is 11. The second-order valence-electron chi connectivity index (χ2n) is 10.1. The lowest BCUT2D eigenvalue weighted by Crippen LogP contribution is -2.30. The molecule has 2 aromatic carbocycles. The number of hydrogen-bond acceptors (Lipinski definition) is 7. The lowest BCUT2D eigenvalue weighted by atomic mass is 10.1. The van der Waals surface area contributed by atoms with Crippen LogP contribution in [0.2, 0.25) is 0 Å². The first kappa shape index (κ1) is 30.9. The van der Waals surface area contributed by atoms with Crippen molar-refractivity contribution in [3.63, 3.8) is 0 Å². The van der Waals surface area contributed by atoms with E-state index < -0.39 is 11.9 Å². The maximum absolute atomic E-state index is 13.8. The topological polar surface area (TPSA) is 105 Å². The van der Waals surface area contributed by atoms with Gasteiger partial charge in [-0.05, 0) is 58.6 Å². The minimum atomic E-state index is -0.598. The third-order valence-electron chi connectivity index (χ3n) is 6.61. The molecule has 0 aliphatic carbocycles. The summed E-state index contributed by atoms with van der Waals surface area (Å²) in [5.74, 6) is -1.50. The van der Waals surface area contributed by atoms with E-state index in [-0.39, 0.29) is 46.6 Å². The smallest absolute Gasteiger partial charge is 0.308 e. The summed E-state index contributed by atoms with van der Waals surface area (Å²) >= 11 is 0. The lowest BCUT2D eigenvalue weighted by Gasteiger charge is -2.23. The van der Waals surface area contributed by atoms with Crippen LogP contribution in [0.3, 0.4) is 0 Å². The number of hydrogen-bond donors (Lipinski definition) is 2. The van der Waals surface area contributed by atoms with E-state index in [0.29, 0.717) is 5.69 Å². The van der Waals surface area contributed by atoms with Gasteiger partial charge >= 0.3 is 11.9 Å². The quantitative estimate of drug-likeness (QED) is 0.0965. The number of anilines is 3. The van der Waals surface area contributed by atoms with Gasteiger partial charge in [0.15, 0.2) is 5.75 Å². The SMILES string of the molecule is C=C/C(C)=C\CC/C(C)=C/CC/C(C)=C/CN1C(=O)c2cccc(O)c2Nc2c(OC(C)=O)cc(OC(C)=O)cc21. The number of ether oxygens (including phenoxy) is 2. The predicted molar refractivity (Wildman–Crippen MR) is 162 cm³/mol. The van der Waals surface area contributed by atoms with Crippen molar-refractivity contribution in [2.24, 2.45) is 0 Å². The van der Waals surface area contributed by atoms with Crippen LogP contribution < -0.4 is 19.7 Å². The Balaban J connectivity index is 1.93. The fourth-order valence-corrected chi connectivity index (χ4v) is 4.39. The highest BCUT2D eigenvalue weighted by atomic mass is 16.5. The standard InChI is InChI=1S/C33H38N2O6/c1-7-21(2)11-8-12-22(3)13-9-14-23(4)17-18-35-28-19-26(40-24(5)36)20-30(41-25(6)37)32(28)34-31-27(33(35)39)15-10-16-29(31)38/h7,10-11,13,15-17,19-20,34,38H,1,8-9,12,14,18H2,2-6H3/b21-11-,22-13+,23-17+. The maximum atomic E-state index is 13.8. The largest absolute Gasteiger partial charge is 0.506 e. The molecule has 1 heterocycles. The minimum absolute atomic E-state index is 0.0552. The monoisotopic (exact) mass is 558 g/mol. The Labute approximate surface area is 241 Å². The number of benzene rings is 2. The third-order valence-corrected chi connectivity index (χ3v) is 6.61. The number of carbonyl (C=O) groups is 3. The molecule has 0 saturated carbocycles. The molecule has 0 spiro atoms. The van der Waals surface area contributed by atoms with Crippen LogP contribution in [0.5, 0.6) is 17.2 Å². The number of carbonyl (C=O) groups excluding carboxylic acids is 3. The van der Waals surface area contributed by atoms with E-state index in [4.69, 9.17) is 9.47 Å². The molecule has 8 heteroatoms. The highest BCUT2D eigenvalue weighted by Gasteiger charge is 2.31. The molecule has 0 saturated heterocycles. The van der Waals surface area contributed by atoms with Crippen LogP contribution in [0.1, 0.15) is 70.7 Å². The van der Waals surface area contributed by atoms with Crippen LogP contribution in [0.25, 0.3) is 0 Å². The predicted octanol–water partition coefficient (Wildman–Crippen LogP) is 7.53. The molecule has 8 nitrogen and oxygen atoms in total. The lowest BCUT2D eigenvalue weighted by molar-refractivity contribution is -0.132. The fourth-order valence-electron chi connectivity index (χ4n) is 4.39. The molecular weight excluding hydrogens is 520 g/mol. The molecule has 2 aromatic rings. The van der Waals surface area contributed by atoms with Gasteiger partial charge in [0.1, 0.15) is 17.2 Å². The van der Waals surface area contributed by atoms with Crippen molar-refractivity contribution in [3.05, 3.63) is 83.5 Å². The van der Waals surface area contributed by atoms with Crippen LogP contribution in [0.4, 0.5) is 17.1 Å². The minimum Gasteiger partial charge on any atom is -0.506 e. The third kappa shape index (κ3) is 8.45. The molecule has 2 N–H and O–H groups in total. The van der Waals surface area contributed by atoms with Crippen molar-refractivity contribution in [1.82, 2.24) is 0 Å². The number of para-hydroxylation sites is 1. The van der Waals surface area contributed by atoms with E-state index >= 15 is 0 Å². The van der Waals surface area contributed by atoms with Gasteiger partial charge in [-0.2, -0.15) is 0 Å². The summed E-state index contributed by atoms with van der Waals surface area (Å²) in [4.78, 5) is 39.0. The number of aromatic hydroxyl groups is 1. The number of fused-ring (bicyclic) bond motifs is 2. The number of phenols is 1. The molecule has 3 rings (SSSR count). The summed E-state index contributed by atoms with van der Waals surface area (Å²) in [5.41, 5.74) is 4.65. The van der Waals surface area contributed by atoms with E-state index in [1.807, 2.05) is 26.0 Å². The second kappa shape index (κ2) is 14.2. The highest BCUT2D eigenvalue weighted by Crippen LogP contribution is 2.46. The second-order valence-corrected chi connectivity index (χ2v) is 10.1. The number of phenolic OH excluding ortho intramolecular Hbond substituents is 1. The zero-order chi connectivity index (χ0) is 30.1. The average molecular weight is 559 g/mol. The fraction of sp³-hybridized carbons (Fsp3) is 0.303. The van der Waals surface area contributed by atoms with Gasteiger partial charge in [-0.3, -0.25) is 14.4 Å². The Hall–Kier alpha value is -4.59. The molecule has 1 aliphatic rings. The van der Waals surface area contributed by atoms with Crippen molar-refractivity contribution in [3.8, 4) is 17.2 Å². The van der Waals surface area contributed by atoms with Gasteiger partial charge in [0.2, 0.25) is 0 Å². The van der Waals surface area contributed by atoms with Crippen LogP contribution in [-0.2, 0) is 9.59 Å². The Kier molecular flexibility index (Phi) is 10.7. The summed E-state index contributed by atoms with van der Waals surface area (Å²) < 4.78 is 10.7. The molecule has 0 radical (unpaired) electrons. The van der Waals surface area contributed by atoms with Gasteiger partial charge in [0.25, 0.3) is 5.91 Å². The number of nitrogens with one attached hydrogen (secondary N) is 1. The van der Waals surface area contributed by atoms with Crippen molar-refractivity contribution in [2.75, 3.05) is 16.8 Å². The molecule has 0 aromatic heterocycles. The molecule has 41 heavy (non-hydrogen) atoms. The molecule has 1 aliphatic heterocycles. The maximum Gasteiger partial charge on any atom is 0.308 e. The Bertz CT molecular complexity index is 1430. The van der Waals surface area contributed by atoms with Crippen molar-refractivity contribution in [1.29, 1.82) is 0 Å². The number of esters is 2. The van der Waals surface area contributed by atoms with Crippen molar-refractivity contribution in [2.45, 2.75) is 60.3 Å². The van der Waals surface area contributed by atoms with Crippen LogP contribution >= 0.6 is 0 Å². The Morgan fingerprint density at radius 2 is 1.59 bits per heavy atom. The zero-order valence-corrected chi connectivity index (χ0v) is 24.4. The Morgan fingerprint density at radius 1 is 0.927 bits per heavy atom. The normalized spacial score (nSPS) is 13.5. The first-order valence-corrected chi connectivity index (χ1v) is 13.6. The molecular formula is C33H38N2O6. The van der Waals surface area contributed by atoms with Crippen LogP contribution in [-0.4, -0.2) is 29.5 Å². The highest BCUT2D eigenvalue weighted by molar-refractivity contribution is 6.15. The van der Waals surface area contributed by atoms with E-state index in [2.05, 4.69) is 31.0 Å². The molecule has 0 unspecified atom stereocenters. The number of allylic oxidation sites excluding steroid dienone is 6. The zero-order valence-electron chi connectivity index (χ0n) is 24.4. The van der Waals surface area contributed by atoms with Gasteiger partial charge in [-0.1, -0.05) is 53.7 Å². The van der Waals surface area contributed by atoms with Crippen LogP contribution in [0.15, 0.2) is 77.9 Å². The number of nitrogens with zero attached hydrogens (tertiary/aromatic N) is 1. The summed E-state index contributed by atoms with van der Waals surface area (Å²) in [7, 11) is 0. The van der Waals surface area contributed by atoms with E-state index in [0.717, 1.165) is 31.3 Å².